The third kappa shape index (κ3) is 4.27. The van der Waals surface area contributed by atoms with Crippen molar-refractivity contribution in [1.82, 2.24) is 14.5 Å². The quantitative estimate of drug-likeness (QED) is 0.455. The first-order valence-electron chi connectivity index (χ1n) is 10.5. The van der Waals surface area contributed by atoms with Gasteiger partial charge >= 0.3 is 5.69 Å². The van der Waals surface area contributed by atoms with Crippen LogP contribution in [0.4, 0.5) is 0 Å². The molecule has 1 aliphatic rings. The summed E-state index contributed by atoms with van der Waals surface area (Å²) in [5.41, 5.74) is 0.460. The predicted molar refractivity (Wildman–Crippen MR) is 125 cm³/mol. The number of nitrogens with zero attached hydrogens (tertiary/aromatic N) is 2. The van der Waals surface area contributed by atoms with Crippen LogP contribution in [0.5, 0.6) is 11.5 Å². The number of thiophene rings is 1. The summed E-state index contributed by atoms with van der Waals surface area (Å²) in [6, 6.07) is 16.2. The molecule has 9 heteroatoms. The van der Waals surface area contributed by atoms with Gasteiger partial charge < -0.3 is 14.8 Å². The van der Waals surface area contributed by atoms with Crippen LogP contribution < -0.4 is 26.0 Å². The van der Waals surface area contributed by atoms with E-state index in [1.165, 1.54) is 9.13 Å². The Bertz CT molecular complexity index is 1440. The number of aryl methyl sites for hydroxylation is 1. The van der Waals surface area contributed by atoms with E-state index in [9.17, 15) is 14.4 Å². The summed E-state index contributed by atoms with van der Waals surface area (Å²) in [6.07, 6.45) is 0.571. The maximum Gasteiger partial charge on any atom is 0.331 e. The molecule has 0 unspecified atom stereocenters. The molecule has 0 radical (unpaired) electrons. The summed E-state index contributed by atoms with van der Waals surface area (Å²) in [5, 5.41) is 5.21. The molecule has 0 aliphatic carbocycles. The minimum atomic E-state index is -0.492. The van der Waals surface area contributed by atoms with Crippen molar-refractivity contribution < 1.29 is 14.3 Å². The lowest BCUT2D eigenvalue weighted by molar-refractivity contribution is -0.121. The molecule has 0 bridgehead atoms. The Balaban J connectivity index is 1.39. The molecule has 1 aliphatic heterocycles. The number of rotatable bonds is 7. The van der Waals surface area contributed by atoms with Gasteiger partial charge in [0.25, 0.3) is 5.56 Å². The van der Waals surface area contributed by atoms with Gasteiger partial charge in [-0.2, -0.15) is 0 Å². The fourth-order valence-corrected chi connectivity index (χ4v) is 4.55. The van der Waals surface area contributed by atoms with Gasteiger partial charge in [0.1, 0.15) is 6.54 Å². The second kappa shape index (κ2) is 8.95. The van der Waals surface area contributed by atoms with Crippen molar-refractivity contribution in [3.05, 3.63) is 91.3 Å². The van der Waals surface area contributed by atoms with Crippen LogP contribution in [0.3, 0.4) is 0 Å². The van der Waals surface area contributed by atoms with Gasteiger partial charge in [-0.1, -0.05) is 24.3 Å². The molecule has 5 rings (SSSR count). The number of nitrogens with one attached hydrogen (secondary N) is 1. The highest BCUT2D eigenvalue weighted by Crippen LogP contribution is 2.32. The molecule has 168 valence electrons. The number of amides is 1. The molecule has 2 aromatic heterocycles. The molecule has 0 spiro atoms. The van der Waals surface area contributed by atoms with Crippen molar-refractivity contribution in [3.63, 3.8) is 0 Å². The molecule has 4 aromatic rings. The number of carbonyl (C=O) groups excluding carboxylic acids is 1. The molecule has 1 amide bonds. The molecule has 3 heterocycles. The number of aromatic nitrogens is 2. The molecule has 33 heavy (non-hydrogen) atoms. The van der Waals surface area contributed by atoms with Crippen molar-refractivity contribution in [3.8, 4) is 11.5 Å². The van der Waals surface area contributed by atoms with Gasteiger partial charge in [0.2, 0.25) is 12.7 Å². The smallest absolute Gasteiger partial charge is 0.331 e. The molecule has 0 saturated carbocycles. The van der Waals surface area contributed by atoms with Crippen LogP contribution >= 0.6 is 11.3 Å². The van der Waals surface area contributed by atoms with Crippen molar-refractivity contribution in [2.75, 3.05) is 6.79 Å². The molecular formula is C24H21N3O5S. The third-order valence-corrected chi connectivity index (χ3v) is 6.46. The zero-order valence-corrected chi connectivity index (χ0v) is 18.5. The average molecular weight is 464 g/mol. The van der Waals surface area contributed by atoms with Gasteiger partial charge in [-0.3, -0.25) is 18.7 Å². The third-order valence-electron chi connectivity index (χ3n) is 5.52. The molecule has 8 nitrogen and oxygen atoms in total. The zero-order valence-electron chi connectivity index (χ0n) is 17.7. The number of carbonyl (C=O) groups is 1. The van der Waals surface area contributed by atoms with E-state index in [1.54, 1.807) is 41.7 Å². The monoisotopic (exact) mass is 463 g/mol. The minimum absolute atomic E-state index is 0.184. The van der Waals surface area contributed by atoms with Gasteiger partial charge in [0, 0.05) is 18.0 Å². The molecule has 0 atom stereocenters. The van der Waals surface area contributed by atoms with Crippen molar-refractivity contribution in [1.29, 1.82) is 0 Å². The first-order chi connectivity index (χ1) is 16.1. The first-order valence-corrected chi connectivity index (χ1v) is 11.4. The maximum absolute atomic E-state index is 13.2. The number of fused-ring (bicyclic) bond motifs is 2. The van der Waals surface area contributed by atoms with Crippen molar-refractivity contribution >= 4 is 28.1 Å². The summed E-state index contributed by atoms with van der Waals surface area (Å²) in [5.74, 6) is 0.984. The number of para-hydroxylation sites is 1. The predicted octanol–water partition coefficient (Wildman–Crippen LogP) is 2.51. The molecule has 1 N–H and O–H groups in total. The normalized spacial score (nSPS) is 12.2. The van der Waals surface area contributed by atoms with Gasteiger partial charge in [-0.05, 0) is 47.7 Å². The molecule has 2 aromatic carbocycles. The van der Waals surface area contributed by atoms with E-state index < -0.39 is 5.69 Å². The summed E-state index contributed by atoms with van der Waals surface area (Å²) in [6.45, 7) is 0.522. The van der Waals surface area contributed by atoms with Gasteiger partial charge in [0.15, 0.2) is 11.5 Å². The van der Waals surface area contributed by atoms with E-state index in [1.807, 2.05) is 29.6 Å². The highest BCUT2D eigenvalue weighted by molar-refractivity contribution is 7.09. The first kappa shape index (κ1) is 21.0. The second-order valence-electron chi connectivity index (χ2n) is 7.64. The van der Waals surface area contributed by atoms with E-state index in [0.29, 0.717) is 28.8 Å². The van der Waals surface area contributed by atoms with Gasteiger partial charge in [0.05, 0.1) is 10.9 Å². The maximum atomic E-state index is 13.2. The lowest BCUT2D eigenvalue weighted by Crippen LogP contribution is -2.42. The van der Waals surface area contributed by atoms with Crippen LogP contribution in [0.25, 0.3) is 10.9 Å². The van der Waals surface area contributed by atoms with Gasteiger partial charge in [-0.15, -0.1) is 11.3 Å². The number of hydrogen-bond acceptors (Lipinski definition) is 6. The van der Waals surface area contributed by atoms with Crippen LogP contribution in [0.15, 0.2) is 69.6 Å². The summed E-state index contributed by atoms with van der Waals surface area (Å²) in [4.78, 5) is 40.0. The fourth-order valence-electron chi connectivity index (χ4n) is 3.85. The molecule has 0 saturated heterocycles. The van der Waals surface area contributed by atoms with Gasteiger partial charge in [-0.25, -0.2) is 4.79 Å². The van der Waals surface area contributed by atoms with E-state index in [-0.39, 0.29) is 37.9 Å². The average Bonchev–Trinajstić information content (AvgIpc) is 3.52. The highest BCUT2D eigenvalue weighted by atomic mass is 32.1. The standard InChI is InChI=1S/C24H21N3O5S/c28-22(25-13-16-7-8-20-21(12-16)32-15-31-20)14-27-19-6-2-1-5-18(19)23(29)26(24(27)30)10-9-17-4-3-11-33-17/h1-8,11-12H,9-10,13-15H2,(H,25,28). The van der Waals surface area contributed by atoms with Crippen LogP contribution in [0.1, 0.15) is 10.4 Å². The Morgan fingerprint density at radius 2 is 1.85 bits per heavy atom. The Labute approximate surface area is 192 Å². The zero-order chi connectivity index (χ0) is 22.8. The Kier molecular flexibility index (Phi) is 5.70. The number of ether oxygens (including phenoxy) is 2. The topological polar surface area (TPSA) is 91.6 Å². The van der Waals surface area contributed by atoms with Crippen LogP contribution in [0.2, 0.25) is 0 Å². The summed E-state index contributed by atoms with van der Waals surface area (Å²) >= 11 is 1.58. The van der Waals surface area contributed by atoms with Crippen LogP contribution in [0, 0.1) is 0 Å². The lowest BCUT2D eigenvalue weighted by atomic mass is 10.2. The van der Waals surface area contributed by atoms with E-state index >= 15 is 0 Å². The molecular weight excluding hydrogens is 442 g/mol. The largest absolute Gasteiger partial charge is 0.454 e. The second-order valence-corrected chi connectivity index (χ2v) is 8.67. The summed E-state index contributed by atoms with van der Waals surface area (Å²) < 4.78 is 13.2. The van der Waals surface area contributed by atoms with Crippen molar-refractivity contribution in [2.45, 2.75) is 26.1 Å². The number of hydrogen-bond donors (Lipinski definition) is 1. The SMILES string of the molecule is O=C(Cn1c(=O)n(CCc2cccs2)c(=O)c2ccccc21)NCc1ccc2c(c1)OCO2. The number of benzene rings is 2. The Morgan fingerprint density at radius 1 is 1.00 bits per heavy atom. The van der Waals surface area contributed by atoms with Crippen LogP contribution in [-0.2, 0) is 30.8 Å². The lowest BCUT2D eigenvalue weighted by Gasteiger charge is -2.14. The van der Waals surface area contributed by atoms with Crippen LogP contribution in [-0.4, -0.2) is 21.8 Å². The summed E-state index contributed by atoms with van der Waals surface area (Å²) in [7, 11) is 0. The van der Waals surface area contributed by atoms with E-state index in [4.69, 9.17) is 9.47 Å². The highest BCUT2D eigenvalue weighted by Gasteiger charge is 2.16. The fraction of sp³-hybridized carbons (Fsp3) is 0.208. The van der Waals surface area contributed by atoms with E-state index in [2.05, 4.69) is 5.32 Å². The van der Waals surface area contributed by atoms with E-state index in [0.717, 1.165) is 10.4 Å². The minimum Gasteiger partial charge on any atom is -0.454 e. The Hall–Kier alpha value is -3.85. The van der Waals surface area contributed by atoms with Crippen molar-refractivity contribution in [2.24, 2.45) is 0 Å². The Morgan fingerprint density at radius 3 is 2.70 bits per heavy atom. The molecule has 0 fully saturated rings.